The first-order chi connectivity index (χ1) is 12.7. The molecule has 2 heterocycles. The predicted octanol–water partition coefficient (Wildman–Crippen LogP) is 3.87. The van der Waals surface area contributed by atoms with E-state index in [4.69, 9.17) is 4.74 Å². The Labute approximate surface area is 183 Å². The first-order valence-electron chi connectivity index (χ1n) is 9.06. The first kappa shape index (κ1) is 21.8. The Hall–Kier alpha value is -1.48. The summed E-state index contributed by atoms with van der Waals surface area (Å²) in [4.78, 5) is 9.44. The maximum atomic E-state index is 5.34. The quantitative estimate of drug-likeness (QED) is 0.359. The van der Waals surface area contributed by atoms with Gasteiger partial charge in [0.15, 0.2) is 5.96 Å². The van der Waals surface area contributed by atoms with Gasteiger partial charge in [-0.2, -0.15) is 0 Å². The van der Waals surface area contributed by atoms with Gasteiger partial charge < -0.3 is 20.3 Å². The van der Waals surface area contributed by atoms with Gasteiger partial charge >= 0.3 is 0 Å². The maximum Gasteiger partial charge on any atom is 0.191 e. The Morgan fingerprint density at radius 1 is 1.30 bits per heavy atom. The van der Waals surface area contributed by atoms with Crippen LogP contribution in [-0.2, 0) is 6.54 Å². The van der Waals surface area contributed by atoms with Gasteiger partial charge in [0.1, 0.15) is 5.75 Å². The smallest absolute Gasteiger partial charge is 0.191 e. The molecule has 1 saturated heterocycles. The van der Waals surface area contributed by atoms with Gasteiger partial charge in [-0.25, -0.2) is 0 Å². The highest BCUT2D eigenvalue weighted by Gasteiger charge is 2.23. The van der Waals surface area contributed by atoms with E-state index in [1.54, 1.807) is 7.11 Å². The van der Waals surface area contributed by atoms with Crippen LogP contribution in [0.15, 0.2) is 41.4 Å². The molecule has 2 N–H and O–H groups in total. The summed E-state index contributed by atoms with van der Waals surface area (Å²) in [6.45, 7) is 6.03. The van der Waals surface area contributed by atoms with Gasteiger partial charge in [0.05, 0.1) is 13.7 Å². The Bertz CT molecular complexity index is 749. The summed E-state index contributed by atoms with van der Waals surface area (Å²) in [5, 5.41) is 6.88. The summed E-state index contributed by atoms with van der Waals surface area (Å²) in [5.41, 5.74) is 1.24. The van der Waals surface area contributed by atoms with Crippen LogP contribution in [0.3, 0.4) is 0 Å². The topological polar surface area (TPSA) is 48.9 Å². The largest absolute Gasteiger partial charge is 0.497 e. The number of methoxy groups -OCH3 is 1. The van der Waals surface area contributed by atoms with Gasteiger partial charge in [-0.1, -0.05) is 6.07 Å². The summed E-state index contributed by atoms with van der Waals surface area (Å²) in [6.07, 6.45) is 1.19. The van der Waals surface area contributed by atoms with Gasteiger partial charge in [-0.05, 0) is 43.5 Å². The highest BCUT2D eigenvalue weighted by molar-refractivity contribution is 14.0. The Morgan fingerprint density at radius 3 is 2.85 bits per heavy atom. The lowest BCUT2D eigenvalue weighted by Crippen LogP contribution is -2.39. The molecule has 1 unspecified atom stereocenters. The SMILES string of the molecule is CN=C(NCc1ccc(C)s1)NCC1CCN(c2cccc(OC)c2)C1.I. The van der Waals surface area contributed by atoms with Crippen molar-refractivity contribution < 1.29 is 4.74 Å². The molecule has 0 radical (unpaired) electrons. The van der Waals surface area contributed by atoms with Crippen LogP contribution in [0.5, 0.6) is 5.75 Å². The molecule has 0 saturated carbocycles. The van der Waals surface area contributed by atoms with E-state index in [2.05, 4.69) is 57.8 Å². The minimum atomic E-state index is 0. The molecule has 0 aliphatic carbocycles. The lowest BCUT2D eigenvalue weighted by atomic mass is 10.1. The molecular formula is C20H29IN4OS. The lowest BCUT2D eigenvalue weighted by molar-refractivity contribution is 0.415. The molecule has 1 fully saturated rings. The zero-order valence-corrected chi connectivity index (χ0v) is 19.3. The fraction of sp³-hybridized carbons (Fsp3) is 0.450. The number of nitrogens with zero attached hydrogens (tertiary/aromatic N) is 2. The number of nitrogens with one attached hydrogen (secondary N) is 2. The van der Waals surface area contributed by atoms with Gasteiger partial charge in [0.2, 0.25) is 0 Å². The standard InChI is InChI=1S/C20H28N4OS.HI/c1-15-7-8-19(26-15)13-23-20(21-2)22-12-16-9-10-24(14-16)17-5-4-6-18(11-17)25-3;/h4-8,11,16H,9-10,12-14H2,1-3H3,(H2,21,22,23);1H. The highest BCUT2D eigenvalue weighted by atomic mass is 127. The summed E-state index contributed by atoms with van der Waals surface area (Å²) < 4.78 is 5.34. The number of hydrogen-bond acceptors (Lipinski definition) is 4. The summed E-state index contributed by atoms with van der Waals surface area (Å²) in [6, 6.07) is 12.6. The van der Waals surface area contributed by atoms with E-state index in [0.29, 0.717) is 5.92 Å². The molecule has 1 aromatic carbocycles. The van der Waals surface area contributed by atoms with Crippen LogP contribution in [0, 0.1) is 12.8 Å². The normalized spacial score (nSPS) is 16.8. The second-order valence-corrected chi connectivity index (χ2v) is 7.99. The van der Waals surface area contributed by atoms with Crippen molar-refractivity contribution in [2.45, 2.75) is 19.9 Å². The molecule has 5 nitrogen and oxygen atoms in total. The predicted molar refractivity (Wildman–Crippen MR) is 126 cm³/mol. The van der Waals surface area contributed by atoms with Crippen LogP contribution in [0.2, 0.25) is 0 Å². The molecule has 1 aliphatic rings. The van der Waals surface area contributed by atoms with Crippen LogP contribution in [-0.4, -0.2) is 39.8 Å². The van der Waals surface area contributed by atoms with Crippen molar-refractivity contribution >= 4 is 47.0 Å². The van der Waals surface area contributed by atoms with Crippen molar-refractivity contribution in [2.75, 3.05) is 38.7 Å². The van der Waals surface area contributed by atoms with Crippen molar-refractivity contribution in [3.8, 4) is 5.75 Å². The maximum absolute atomic E-state index is 5.34. The first-order valence-corrected chi connectivity index (χ1v) is 9.88. The minimum absolute atomic E-state index is 0. The van der Waals surface area contributed by atoms with E-state index in [0.717, 1.165) is 37.9 Å². The zero-order valence-electron chi connectivity index (χ0n) is 16.2. The molecule has 7 heteroatoms. The molecule has 0 amide bonds. The number of thiophene rings is 1. The number of anilines is 1. The number of rotatable bonds is 6. The van der Waals surface area contributed by atoms with E-state index in [1.807, 2.05) is 24.5 Å². The van der Waals surface area contributed by atoms with Crippen LogP contribution < -0.4 is 20.3 Å². The van der Waals surface area contributed by atoms with E-state index in [9.17, 15) is 0 Å². The van der Waals surface area contributed by atoms with Gasteiger partial charge in [0, 0.05) is 48.2 Å². The van der Waals surface area contributed by atoms with E-state index in [1.165, 1.54) is 21.9 Å². The number of halogens is 1. The third-order valence-electron chi connectivity index (χ3n) is 4.71. The van der Waals surface area contributed by atoms with Gasteiger partial charge in [-0.3, -0.25) is 4.99 Å². The molecule has 27 heavy (non-hydrogen) atoms. The monoisotopic (exact) mass is 500 g/mol. The van der Waals surface area contributed by atoms with Crippen LogP contribution in [0.25, 0.3) is 0 Å². The summed E-state index contributed by atoms with van der Waals surface area (Å²) in [5.74, 6) is 2.40. The average molecular weight is 500 g/mol. The third kappa shape index (κ3) is 6.27. The van der Waals surface area contributed by atoms with Crippen molar-refractivity contribution in [1.82, 2.24) is 10.6 Å². The number of aryl methyl sites for hydroxylation is 1. The Balaban J connectivity index is 0.00000261. The number of benzene rings is 1. The van der Waals surface area contributed by atoms with Crippen molar-refractivity contribution in [3.63, 3.8) is 0 Å². The van der Waals surface area contributed by atoms with E-state index < -0.39 is 0 Å². The Morgan fingerprint density at radius 2 is 2.15 bits per heavy atom. The number of guanidine groups is 1. The number of ether oxygens (including phenoxy) is 1. The van der Waals surface area contributed by atoms with Crippen LogP contribution in [0.4, 0.5) is 5.69 Å². The number of hydrogen-bond donors (Lipinski definition) is 2. The summed E-state index contributed by atoms with van der Waals surface area (Å²) >= 11 is 1.82. The molecule has 1 aliphatic heterocycles. The fourth-order valence-electron chi connectivity index (χ4n) is 3.25. The minimum Gasteiger partial charge on any atom is -0.497 e. The van der Waals surface area contributed by atoms with Crippen LogP contribution >= 0.6 is 35.3 Å². The van der Waals surface area contributed by atoms with Gasteiger partial charge in [0.25, 0.3) is 0 Å². The van der Waals surface area contributed by atoms with E-state index >= 15 is 0 Å². The number of aliphatic imine (C=N–C) groups is 1. The molecule has 0 bridgehead atoms. The molecule has 148 valence electrons. The zero-order chi connectivity index (χ0) is 18.4. The van der Waals surface area contributed by atoms with Crippen LogP contribution in [0.1, 0.15) is 16.2 Å². The molecule has 0 spiro atoms. The second-order valence-electron chi connectivity index (χ2n) is 6.62. The Kier molecular flexibility index (Phi) is 8.69. The molecular weight excluding hydrogens is 471 g/mol. The van der Waals surface area contributed by atoms with Crippen molar-refractivity contribution in [2.24, 2.45) is 10.9 Å². The molecule has 1 atom stereocenters. The van der Waals surface area contributed by atoms with Crippen molar-refractivity contribution in [3.05, 3.63) is 46.2 Å². The second kappa shape index (κ2) is 10.8. The highest BCUT2D eigenvalue weighted by Crippen LogP contribution is 2.26. The molecule has 2 aromatic rings. The van der Waals surface area contributed by atoms with Crippen molar-refractivity contribution in [1.29, 1.82) is 0 Å². The molecule has 3 rings (SSSR count). The van der Waals surface area contributed by atoms with E-state index in [-0.39, 0.29) is 24.0 Å². The lowest BCUT2D eigenvalue weighted by Gasteiger charge is -2.20. The third-order valence-corrected chi connectivity index (χ3v) is 5.71. The molecule has 1 aromatic heterocycles. The van der Waals surface area contributed by atoms with Gasteiger partial charge in [-0.15, -0.1) is 35.3 Å². The average Bonchev–Trinajstić information content (AvgIpc) is 3.31. The summed E-state index contributed by atoms with van der Waals surface area (Å²) in [7, 11) is 3.54. The fourth-order valence-corrected chi connectivity index (χ4v) is 4.08.